The third-order valence-corrected chi connectivity index (χ3v) is 4.60. The molecular formula is C22H28F3N5O. The Morgan fingerprint density at radius 3 is 2.55 bits per heavy atom. The Labute approximate surface area is 179 Å². The van der Waals surface area contributed by atoms with Gasteiger partial charge in [-0.2, -0.15) is 18.2 Å². The van der Waals surface area contributed by atoms with E-state index in [1.54, 1.807) is 6.08 Å². The van der Waals surface area contributed by atoms with Crippen molar-refractivity contribution in [3.05, 3.63) is 41.3 Å². The lowest BCUT2D eigenvalue weighted by molar-refractivity contribution is -0.159. The smallest absolute Gasteiger partial charge is 0.329 e. The number of aromatic nitrogens is 4. The summed E-state index contributed by atoms with van der Waals surface area (Å²) in [6.45, 7) is 11.3. The molecule has 0 radical (unpaired) electrons. The van der Waals surface area contributed by atoms with E-state index in [2.05, 4.69) is 52.2 Å². The minimum atomic E-state index is -4.65. The van der Waals surface area contributed by atoms with Gasteiger partial charge in [-0.1, -0.05) is 45.0 Å². The first-order valence-electron chi connectivity index (χ1n) is 10.4. The van der Waals surface area contributed by atoms with Crippen molar-refractivity contribution in [2.24, 2.45) is 5.41 Å². The Balaban J connectivity index is 1.78. The molecule has 1 aromatic carbocycles. The molecule has 0 aliphatic rings. The van der Waals surface area contributed by atoms with Crippen LogP contribution in [0.4, 0.5) is 13.2 Å². The highest BCUT2D eigenvalue weighted by molar-refractivity contribution is 5.81. The summed E-state index contributed by atoms with van der Waals surface area (Å²) in [5, 5.41) is 6.84. The maximum atomic E-state index is 12.6. The van der Waals surface area contributed by atoms with Crippen LogP contribution < -0.4 is 5.32 Å². The molecule has 1 N–H and O–H groups in total. The number of alkyl halides is 3. The van der Waals surface area contributed by atoms with E-state index in [4.69, 9.17) is 4.98 Å². The Morgan fingerprint density at radius 1 is 1.13 bits per heavy atom. The Morgan fingerprint density at radius 2 is 1.90 bits per heavy atom. The summed E-state index contributed by atoms with van der Waals surface area (Å²) >= 11 is 0. The number of benzene rings is 1. The number of nitrogens with zero attached hydrogens (tertiary/aromatic N) is 4. The molecule has 0 aliphatic heterocycles. The molecule has 2 aromatic heterocycles. The highest BCUT2D eigenvalue weighted by Gasteiger charge is 2.38. The van der Waals surface area contributed by atoms with Gasteiger partial charge in [0.1, 0.15) is 5.82 Å². The third kappa shape index (κ3) is 6.16. The van der Waals surface area contributed by atoms with E-state index in [0.717, 1.165) is 54.9 Å². The lowest BCUT2D eigenvalue weighted by Crippen LogP contribution is -2.29. The molecule has 0 amide bonds. The molecule has 0 fully saturated rings. The maximum absolute atomic E-state index is 12.6. The van der Waals surface area contributed by atoms with Crippen molar-refractivity contribution in [2.75, 3.05) is 13.1 Å². The molecule has 3 aromatic rings. The third-order valence-electron chi connectivity index (χ3n) is 4.60. The van der Waals surface area contributed by atoms with E-state index in [9.17, 15) is 13.2 Å². The van der Waals surface area contributed by atoms with E-state index in [1.165, 1.54) is 6.08 Å². The molecule has 6 nitrogen and oxygen atoms in total. The van der Waals surface area contributed by atoms with Crippen LogP contribution in [0.5, 0.6) is 0 Å². The van der Waals surface area contributed by atoms with Crippen LogP contribution in [-0.2, 0) is 19.1 Å². The number of fused-ring (bicyclic) bond motifs is 1. The second kappa shape index (κ2) is 9.21. The molecule has 0 atom stereocenters. The predicted molar refractivity (Wildman–Crippen MR) is 114 cm³/mol. The van der Waals surface area contributed by atoms with E-state index >= 15 is 0 Å². The van der Waals surface area contributed by atoms with E-state index in [1.807, 2.05) is 18.2 Å². The number of hydrogen-bond donors (Lipinski definition) is 1. The first-order chi connectivity index (χ1) is 14.6. The summed E-state index contributed by atoms with van der Waals surface area (Å²) in [6.07, 6.45) is 0.253. The van der Waals surface area contributed by atoms with E-state index < -0.39 is 12.1 Å². The standard InChI is InChI=1S/C22H28F3N5O/c1-5-6-19-27-16-13-15(8-10-18-28-20(31-29-18)22(23,24)25)7-9-17(16)30(19)12-11-26-14-21(2,3)4/h7-10,13,26H,5-6,11-12,14H2,1-4H3/b10-8+. The van der Waals surface area contributed by atoms with Gasteiger partial charge in [-0.3, -0.25) is 0 Å². The van der Waals surface area contributed by atoms with Crippen LogP contribution >= 0.6 is 0 Å². The normalized spacial score (nSPS) is 13.0. The second-order valence-corrected chi connectivity index (χ2v) is 8.70. The molecule has 3 rings (SSSR count). The van der Waals surface area contributed by atoms with Crippen LogP contribution in [0.3, 0.4) is 0 Å². The van der Waals surface area contributed by atoms with Gasteiger partial charge < -0.3 is 14.4 Å². The zero-order valence-corrected chi connectivity index (χ0v) is 18.3. The zero-order valence-electron chi connectivity index (χ0n) is 18.3. The van der Waals surface area contributed by atoms with Gasteiger partial charge in [-0.15, -0.1) is 0 Å². The van der Waals surface area contributed by atoms with E-state index in [-0.39, 0.29) is 11.2 Å². The number of rotatable bonds is 8. The fourth-order valence-electron chi connectivity index (χ4n) is 3.21. The van der Waals surface area contributed by atoms with Gasteiger partial charge in [-0.05, 0) is 35.6 Å². The molecule has 0 bridgehead atoms. The van der Waals surface area contributed by atoms with Crippen molar-refractivity contribution in [1.82, 2.24) is 25.0 Å². The quantitative estimate of drug-likeness (QED) is 0.493. The summed E-state index contributed by atoms with van der Waals surface area (Å²) in [7, 11) is 0. The Kier molecular flexibility index (Phi) is 6.83. The molecule has 0 saturated carbocycles. The number of nitrogens with one attached hydrogen (secondary N) is 1. The summed E-state index contributed by atoms with van der Waals surface area (Å²) < 4.78 is 44.2. The molecule has 0 unspecified atom stereocenters. The van der Waals surface area contributed by atoms with Crippen LogP contribution in [-0.4, -0.2) is 32.8 Å². The van der Waals surface area contributed by atoms with Gasteiger partial charge in [0.2, 0.25) is 0 Å². The fraction of sp³-hybridized carbons (Fsp3) is 0.500. The molecule has 168 valence electrons. The first kappa shape index (κ1) is 23.0. The van der Waals surface area contributed by atoms with Crippen molar-refractivity contribution in [2.45, 2.75) is 53.3 Å². The lowest BCUT2D eigenvalue weighted by Gasteiger charge is -2.19. The topological polar surface area (TPSA) is 68.8 Å². The van der Waals surface area contributed by atoms with Crippen LogP contribution in [0.1, 0.15) is 57.2 Å². The van der Waals surface area contributed by atoms with E-state index in [0.29, 0.717) is 0 Å². The first-order valence-corrected chi connectivity index (χ1v) is 10.4. The average Bonchev–Trinajstić information content (AvgIpc) is 3.27. The van der Waals surface area contributed by atoms with Gasteiger partial charge in [0.15, 0.2) is 5.82 Å². The molecule has 0 aliphatic carbocycles. The fourth-order valence-corrected chi connectivity index (χ4v) is 3.21. The minimum absolute atomic E-state index is 0.130. The minimum Gasteiger partial charge on any atom is -0.329 e. The molecule has 9 heteroatoms. The molecule has 31 heavy (non-hydrogen) atoms. The number of imidazole rings is 1. The van der Waals surface area contributed by atoms with Crippen molar-refractivity contribution in [3.63, 3.8) is 0 Å². The summed E-state index contributed by atoms with van der Waals surface area (Å²) in [4.78, 5) is 8.13. The highest BCUT2D eigenvalue weighted by Crippen LogP contribution is 2.27. The number of aryl methyl sites for hydroxylation is 1. The molecule has 2 heterocycles. The Hall–Kier alpha value is -2.68. The van der Waals surface area contributed by atoms with Crippen LogP contribution in [0.15, 0.2) is 22.7 Å². The SMILES string of the molecule is CCCc1nc2cc(/C=C/c3noc(C(F)(F)F)n3)ccc2n1CCNCC(C)(C)C. The summed E-state index contributed by atoms with van der Waals surface area (Å²) in [6, 6.07) is 5.80. The lowest BCUT2D eigenvalue weighted by atomic mass is 9.97. The van der Waals surface area contributed by atoms with Crippen LogP contribution in [0.25, 0.3) is 23.2 Å². The van der Waals surface area contributed by atoms with Gasteiger partial charge in [0.25, 0.3) is 0 Å². The van der Waals surface area contributed by atoms with Crippen molar-refractivity contribution in [3.8, 4) is 0 Å². The summed E-state index contributed by atoms with van der Waals surface area (Å²) in [5.74, 6) is -0.454. The second-order valence-electron chi connectivity index (χ2n) is 8.70. The zero-order chi connectivity index (χ0) is 22.6. The van der Waals surface area contributed by atoms with Gasteiger partial charge in [0.05, 0.1) is 11.0 Å². The van der Waals surface area contributed by atoms with Crippen LogP contribution in [0, 0.1) is 5.41 Å². The van der Waals surface area contributed by atoms with Gasteiger partial charge in [-0.25, -0.2) is 4.98 Å². The summed E-state index contributed by atoms with van der Waals surface area (Å²) in [5.41, 5.74) is 2.91. The van der Waals surface area contributed by atoms with Gasteiger partial charge in [0, 0.05) is 26.1 Å². The van der Waals surface area contributed by atoms with Crippen molar-refractivity contribution >= 4 is 23.2 Å². The number of hydrogen-bond acceptors (Lipinski definition) is 5. The number of halogens is 3. The molecule has 0 spiro atoms. The largest absolute Gasteiger partial charge is 0.471 e. The maximum Gasteiger partial charge on any atom is 0.471 e. The van der Waals surface area contributed by atoms with Crippen molar-refractivity contribution < 1.29 is 17.7 Å². The molecule has 0 saturated heterocycles. The van der Waals surface area contributed by atoms with Crippen molar-refractivity contribution in [1.29, 1.82) is 0 Å². The Bertz CT molecular complexity index is 1040. The van der Waals surface area contributed by atoms with Crippen LogP contribution in [0.2, 0.25) is 0 Å². The predicted octanol–water partition coefficient (Wildman–Crippen LogP) is 5.20. The average molecular weight is 435 g/mol. The highest BCUT2D eigenvalue weighted by atomic mass is 19.4. The monoisotopic (exact) mass is 435 g/mol. The van der Waals surface area contributed by atoms with Gasteiger partial charge >= 0.3 is 12.1 Å². The molecular weight excluding hydrogens is 407 g/mol.